The third kappa shape index (κ3) is 3.04. The SMILES string of the molecule is CCNc1nc(NCC)nc(C(=O)OC)n1. The van der Waals surface area contributed by atoms with Crippen molar-refractivity contribution in [3.05, 3.63) is 5.82 Å². The van der Waals surface area contributed by atoms with Crippen molar-refractivity contribution in [2.24, 2.45) is 0 Å². The molecule has 1 heterocycles. The summed E-state index contributed by atoms with van der Waals surface area (Å²) in [5.74, 6) is 0.118. The van der Waals surface area contributed by atoms with Gasteiger partial charge in [-0.1, -0.05) is 0 Å². The Morgan fingerprint density at radius 2 is 1.62 bits per heavy atom. The summed E-state index contributed by atoms with van der Waals surface area (Å²) in [6, 6.07) is 0. The molecule has 0 aliphatic carbocycles. The van der Waals surface area contributed by atoms with Gasteiger partial charge in [-0.15, -0.1) is 0 Å². The van der Waals surface area contributed by atoms with Crippen LogP contribution in [0.1, 0.15) is 24.5 Å². The van der Waals surface area contributed by atoms with Crippen molar-refractivity contribution >= 4 is 17.9 Å². The maximum absolute atomic E-state index is 11.3. The van der Waals surface area contributed by atoms with Crippen LogP contribution in [0.25, 0.3) is 0 Å². The Labute approximate surface area is 93.7 Å². The quantitative estimate of drug-likeness (QED) is 0.706. The standard InChI is InChI=1S/C9H15N5O2/c1-4-10-8-12-6(7(15)16-3)13-9(14-8)11-5-2/h4-5H2,1-3H3,(H2,10,11,12,13,14). The van der Waals surface area contributed by atoms with Gasteiger partial charge in [0.05, 0.1) is 7.11 Å². The molecule has 0 amide bonds. The Kier molecular flexibility index (Phi) is 4.43. The minimum atomic E-state index is -0.583. The van der Waals surface area contributed by atoms with Gasteiger partial charge in [0, 0.05) is 13.1 Å². The zero-order chi connectivity index (χ0) is 12.0. The van der Waals surface area contributed by atoms with E-state index >= 15 is 0 Å². The molecule has 1 rings (SSSR count). The van der Waals surface area contributed by atoms with Gasteiger partial charge in [0.15, 0.2) is 0 Å². The number of carbonyl (C=O) groups excluding carboxylic acids is 1. The summed E-state index contributed by atoms with van der Waals surface area (Å²) in [5.41, 5.74) is 0. The third-order valence-electron chi connectivity index (χ3n) is 1.67. The van der Waals surface area contributed by atoms with Gasteiger partial charge in [-0.2, -0.15) is 15.0 Å². The van der Waals surface area contributed by atoms with Gasteiger partial charge < -0.3 is 15.4 Å². The maximum atomic E-state index is 11.3. The van der Waals surface area contributed by atoms with Crippen molar-refractivity contribution in [1.82, 2.24) is 15.0 Å². The van der Waals surface area contributed by atoms with Gasteiger partial charge >= 0.3 is 5.97 Å². The van der Waals surface area contributed by atoms with E-state index < -0.39 is 5.97 Å². The van der Waals surface area contributed by atoms with Crippen molar-refractivity contribution in [3.8, 4) is 0 Å². The third-order valence-corrected chi connectivity index (χ3v) is 1.67. The summed E-state index contributed by atoms with van der Waals surface area (Å²) in [7, 11) is 1.28. The van der Waals surface area contributed by atoms with Crippen LogP contribution in [0.4, 0.5) is 11.9 Å². The molecule has 0 saturated heterocycles. The second-order valence-electron chi connectivity index (χ2n) is 2.86. The van der Waals surface area contributed by atoms with Gasteiger partial charge in [-0.25, -0.2) is 4.79 Å². The Balaban J connectivity index is 3.02. The van der Waals surface area contributed by atoms with E-state index in [0.717, 1.165) is 0 Å². The lowest BCUT2D eigenvalue weighted by molar-refractivity contribution is 0.0586. The van der Waals surface area contributed by atoms with Crippen LogP contribution < -0.4 is 10.6 Å². The average Bonchev–Trinajstić information content (AvgIpc) is 2.28. The highest BCUT2D eigenvalue weighted by molar-refractivity contribution is 5.85. The normalized spacial score (nSPS) is 9.69. The topological polar surface area (TPSA) is 89.0 Å². The van der Waals surface area contributed by atoms with E-state index in [1.165, 1.54) is 7.11 Å². The molecular formula is C9H15N5O2. The fraction of sp³-hybridized carbons (Fsp3) is 0.556. The number of ether oxygens (including phenoxy) is 1. The molecule has 0 spiro atoms. The zero-order valence-corrected chi connectivity index (χ0v) is 9.57. The average molecular weight is 225 g/mol. The van der Waals surface area contributed by atoms with E-state index in [-0.39, 0.29) is 5.82 Å². The zero-order valence-electron chi connectivity index (χ0n) is 9.57. The van der Waals surface area contributed by atoms with Gasteiger partial charge in [0.25, 0.3) is 0 Å². The van der Waals surface area contributed by atoms with Crippen LogP contribution in [0, 0.1) is 0 Å². The molecule has 7 heteroatoms. The first-order chi connectivity index (χ1) is 7.71. The van der Waals surface area contributed by atoms with Gasteiger partial charge in [0.2, 0.25) is 17.7 Å². The molecule has 0 radical (unpaired) electrons. The second-order valence-corrected chi connectivity index (χ2v) is 2.86. The molecule has 16 heavy (non-hydrogen) atoms. The fourth-order valence-corrected chi connectivity index (χ4v) is 1.03. The number of anilines is 2. The van der Waals surface area contributed by atoms with Crippen LogP contribution >= 0.6 is 0 Å². The highest BCUT2D eigenvalue weighted by atomic mass is 16.5. The number of aromatic nitrogens is 3. The monoisotopic (exact) mass is 225 g/mol. The first kappa shape index (κ1) is 12.2. The second kappa shape index (κ2) is 5.84. The molecule has 88 valence electrons. The van der Waals surface area contributed by atoms with E-state index in [4.69, 9.17) is 0 Å². The molecule has 1 aromatic heterocycles. The molecule has 0 aliphatic rings. The molecule has 7 nitrogen and oxygen atoms in total. The number of nitrogens with zero attached hydrogens (tertiary/aromatic N) is 3. The van der Waals surface area contributed by atoms with E-state index in [2.05, 4.69) is 30.3 Å². The molecule has 1 aromatic rings. The summed E-state index contributed by atoms with van der Waals surface area (Å²) < 4.78 is 4.56. The number of methoxy groups -OCH3 is 1. The predicted octanol–water partition coefficient (Wildman–Crippen LogP) is 0.522. The van der Waals surface area contributed by atoms with Crippen molar-refractivity contribution in [2.45, 2.75) is 13.8 Å². The minimum absolute atomic E-state index is 0.00981. The van der Waals surface area contributed by atoms with Crippen molar-refractivity contribution < 1.29 is 9.53 Å². The molecule has 0 aliphatic heterocycles. The maximum Gasteiger partial charge on any atom is 0.376 e. The number of hydrogen-bond acceptors (Lipinski definition) is 7. The van der Waals surface area contributed by atoms with Gasteiger partial charge in [-0.3, -0.25) is 0 Å². The Bertz CT molecular complexity index is 345. The van der Waals surface area contributed by atoms with Crippen LogP contribution in [-0.2, 0) is 4.74 Å². The van der Waals surface area contributed by atoms with E-state index in [0.29, 0.717) is 25.0 Å². The number of rotatable bonds is 5. The summed E-state index contributed by atoms with van der Waals surface area (Å²) in [4.78, 5) is 23.2. The summed E-state index contributed by atoms with van der Waals surface area (Å²) in [6.45, 7) is 5.15. The Morgan fingerprint density at radius 3 is 2.00 bits per heavy atom. The smallest absolute Gasteiger partial charge is 0.376 e. The van der Waals surface area contributed by atoms with E-state index in [1.54, 1.807) is 0 Å². The number of carbonyl (C=O) groups is 1. The highest BCUT2D eigenvalue weighted by Crippen LogP contribution is 2.06. The summed E-state index contributed by atoms with van der Waals surface area (Å²) in [5, 5.41) is 5.83. The highest BCUT2D eigenvalue weighted by Gasteiger charge is 2.13. The lowest BCUT2D eigenvalue weighted by Gasteiger charge is -2.06. The van der Waals surface area contributed by atoms with E-state index in [1.807, 2.05) is 13.8 Å². The van der Waals surface area contributed by atoms with Crippen LogP contribution in [0.2, 0.25) is 0 Å². The van der Waals surface area contributed by atoms with Gasteiger partial charge in [0.1, 0.15) is 0 Å². The lowest BCUT2D eigenvalue weighted by atomic mass is 10.6. The van der Waals surface area contributed by atoms with Gasteiger partial charge in [-0.05, 0) is 13.8 Å². The van der Waals surface area contributed by atoms with Crippen molar-refractivity contribution in [1.29, 1.82) is 0 Å². The minimum Gasteiger partial charge on any atom is -0.463 e. The predicted molar refractivity (Wildman–Crippen MR) is 59.5 cm³/mol. The largest absolute Gasteiger partial charge is 0.463 e. The first-order valence-corrected chi connectivity index (χ1v) is 5.03. The molecule has 0 aromatic carbocycles. The van der Waals surface area contributed by atoms with Crippen LogP contribution in [0.15, 0.2) is 0 Å². The molecule has 0 unspecified atom stereocenters. The molecule has 0 bridgehead atoms. The number of hydrogen-bond donors (Lipinski definition) is 2. The first-order valence-electron chi connectivity index (χ1n) is 5.03. The molecule has 2 N–H and O–H groups in total. The number of esters is 1. The van der Waals surface area contributed by atoms with Crippen LogP contribution in [0.5, 0.6) is 0 Å². The summed E-state index contributed by atoms with van der Waals surface area (Å²) in [6.07, 6.45) is 0. The summed E-state index contributed by atoms with van der Waals surface area (Å²) >= 11 is 0. The lowest BCUT2D eigenvalue weighted by Crippen LogP contribution is -2.15. The fourth-order valence-electron chi connectivity index (χ4n) is 1.03. The van der Waals surface area contributed by atoms with Crippen LogP contribution in [-0.4, -0.2) is 41.1 Å². The van der Waals surface area contributed by atoms with Crippen molar-refractivity contribution in [3.63, 3.8) is 0 Å². The number of nitrogens with one attached hydrogen (secondary N) is 2. The Hall–Kier alpha value is -1.92. The molecule has 0 fully saturated rings. The molecule has 0 saturated carbocycles. The van der Waals surface area contributed by atoms with E-state index in [9.17, 15) is 4.79 Å². The Morgan fingerprint density at radius 1 is 1.12 bits per heavy atom. The molecule has 0 atom stereocenters. The van der Waals surface area contributed by atoms with Crippen molar-refractivity contribution in [2.75, 3.05) is 30.8 Å². The van der Waals surface area contributed by atoms with Crippen LogP contribution in [0.3, 0.4) is 0 Å². The molecular weight excluding hydrogens is 210 g/mol.